The van der Waals surface area contributed by atoms with Crippen LogP contribution in [0.2, 0.25) is 10.0 Å². The van der Waals surface area contributed by atoms with Gasteiger partial charge in [0.05, 0.1) is 28.2 Å². The highest BCUT2D eigenvalue weighted by Crippen LogP contribution is 2.38. The molecule has 0 aliphatic carbocycles. The van der Waals surface area contributed by atoms with E-state index in [1.165, 1.54) is 30.3 Å². The average Bonchev–Trinajstić information content (AvgIpc) is 3.09. The first-order valence-electron chi connectivity index (χ1n) is 10.7. The molecule has 0 spiro atoms. The number of carbonyl (C=O) groups excluding carboxylic acids is 3. The summed E-state index contributed by atoms with van der Waals surface area (Å²) in [6, 6.07) is 8.79. The molecular formula is C23H20Cl2N2O7S2. The average molecular weight is 571 g/mol. The molecule has 2 aliphatic heterocycles. The fourth-order valence-electron chi connectivity index (χ4n) is 3.44. The van der Waals surface area contributed by atoms with Crippen LogP contribution in [0.25, 0.3) is 6.08 Å². The van der Waals surface area contributed by atoms with Crippen molar-refractivity contribution < 1.29 is 31.7 Å². The zero-order chi connectivity index (χ0) is 26.0. The van der Waals surface area contributed by atoms with Gasteiger partial charge in [0, 0.05) is 13.1 Å². The van der Waals surface area contributed by atoms with Gasteiger partial charge in [-0.1, -0.05) is 40.9 Å². The molecule has 2 heterocycles. The van der Waals surface area contributed by atoms with Gasteiger partial charge >= 0.3 is 10.1 Å². The number of carbonyl (C=O) groups is 3. The van der Waals surface area contributed by atoms with Gasteiger partial charge in [-0.3, -0.25) is 19.3 Å². The number of rotatable bonds is 6. The number of imide groups is 1. The number of morpholine rings is 1. The fourth-order valence-corrected chi connectivity index (χ4v) is 5.92. The Balaban J connectivity index is 1.51. The van der Waals surface area contributed by atoms with Gasteiger partial charge in [0.15, 0.2) is 5.75 Å². The highest BCUT2D eigenvalue weighted by atomic mass is 35.5. The van der Waals surface area contributed by atoms with E-state index in [1.54, 1.807) is 17.0 Å². The molecule has 0 N–H and O–H groups in total. The minimum atomic E-state index is -4.19. The molecule has 0 saturated carbocycles. The van der Waals surface area contributed by atoms with E-state index in [0.717, 1.165) is 10.5 Å². The zero-order valence-corrected chi connectivity index (χ0v) is 22.0. The first-order valence-corrected chi connectivity index (χ1v) is 13.6. The van der Waals surface area contributed by atoms with Gasteiger partial charge in [-0.2, -0.15) is 8.42 Å². The number of amides is 3. The summed E-state index contributed by atoms with van der Waals surface area (Å²) < 4.78 is 35.6. The quantitative estimate of drug-likeness (QED) is 0.379. The van der Waals surface area contributed by atoms with Crippen molar-refractivity contribution in [3.8, 4) is 5.75 Å². The van der Waals surface area contributed by atoms with Crippen molar-refractivity contribution in [3.63, 3.8) is 0 Å². The van der Waals surface area contributed by atoms with Crippen molar-refractivity contribution in [2.75, 3.05) is 32.8 Å². The van der Waals surface area contributed by atoms with Crippen molar-refractivity contribution in [2.24, 2.45) is 0 Å². The first kappa shape index (κ1) is 26.5. The van der Waals surface area contributed by atoms with Crippen molar-refractivity contribution >= 4 is 68.2 Å². The summed E-state index contributed by atoms with van der Waals surface area (Å²) in [5.41, 5.74) is 1.22. The van der Waals surface area contributed by atoms with E-state index in [4.69, 9.17) is 32.1 Å². The Morgan fingerprint density at radius 1 is 1.11 bits per heavy atom. The number of ether oxygens (including phenoxy) is 1. The van der Waals surface area contributed by atoms with Crippen LogP contribution >= 0.6 is 35.0 Å². The Morgan fingerprint density at radius 2 is 1.72 bits per heavy atom. The highest BCUT2D eigenvalue weighted by Gasteiger charge is 2.37. The molecule has 13 heteroatoms. The molecule has 2 saturated heterocycles. The van der Waals surface area contributed by atoms with Crippen molar-refractivity contribution in [1.29, 1.82) is 0 Å². The molecule has 190 valence electrons. The molecule has 9 nitrogen and oxygen atoms in total. The van der Waals surface area contributed by atoms with Crippen molar-refractivity contribution in [1.82, 2.24) is 9.80 Å². The second-order valence-corrected chi connectivity index (χ2v) is 11.3. The molecule has 0 atom stereocenters. The third kappa shape index (κ3) is 5.87. The summed E-state index contributed by atoms with van der Waals surface area (Å²) in [4.78, 5) is 40.1. The number of hydrogen-bond acceptors (Lipinski definition) is 8. The van der Waals surface area contributed by atoms with E-state index in [-0.39, 0.29) is 38.0 Å². The molecule has 0 bridgehead atoms. The molecule has 3 amide bonds. The Labute approximate surface area is 222 Å². The van der Waals surface area contributed by atoms with Crippen LogP contribution in [0.5, 0.6) is 5.75 Å². The second-order valence-electron chi connectivity index (χ2n) is 7.93. The fraction of sp³-hybridized carbons (Fsp3) is 0.261. The summed E-state index contributed by atoms with van der Waals surface area (Å²) in [6.07, 6.45) is 1.39. The largest absolute Gasteiger partial charge is 0.378 e. The number of halogens is 2. The number of aryl methyl sites for hydroxylation is 1. The van der Waals surface area contributed by atoms with Gasteiger partial charge in [0.2, 0.25) is 5.91 Å². The maximum Gasteiger partial charge on any atom is 0.339 e. The van der Waals surface area contributed by atoms with E-state index >= 15 is 0 Å². The summed E-state index contributed by atoms with van der Waals surface area (Å²) in [5.74, 6) is -1.23. The van der Waals surface area contributed by atoms with Gasteiger partial charge in [0.25, 0.3) is 11.1 Å². The summed E-state index contributed by atoms with van der Waals surface area (Å²) in [5, 5.41) is -0.786. The molecule has 36 heavy (non-hydrogen) atoms. The second kappa shape index (κ2) is 10.8. The van der Waals surface area contributed by atoms with Crippen LogP contribution in [0.3, 0.4) is 0 Å². The molecule has 2 aliphatic rings. The smallest absolute Gasteiger partial charge is 0.339 e. The van der Waals surface area contributed by atoms with Crippen LogP contribution in [0, 0.1) is 6.92 Å². The Kier molecular flexibility index (Phi) is 7.96. The van der Waals surface area contributed by atoms with E-state index < -0.39 is 21.3 Å². The molecule has 0 radical (unpaired) electrons. The van der Waals surface area contributed by atoms with Gasteiger partial charge in [-0.05, 0) is 54.6 Å². The molecule has 2 aromatic carbocycles. The molecule has 2 aromatic rings. The lowest BCUT2D eigenvalue weighted by atomic mass is 10.2. The Morgan fingerprint density at radius 3 is 2.33 bits per heavy atom. The van der Waals surface area contributed by atoms with E-state index in [9.17, 15) is 22.8 Å². The molecule has 2 fully saturated rings. The van der Waals surface area contributed by atoms with E-state index in [1.807, 2.05) is 6.92 Å². The van der Waals surface area contributed by atoms with Gasteiger partial charge in [-0.25, -0.2) is 0 Å². The topological polar surface area (TPSA) is 110 Å². The van der Waals surface area contributed by atoms with Gasteiger partial charge < -0.3 is 13.8 Å². The highest BCUT2D eigenvalue weighted by molar-refractivity contribution is 8.18. The SMILES string of the molecule is Cc1ccc(S(=O)(=O)Oc2c(Cl)cc(/C=C3\SC(=O)N(CC(=O)N4CCOCC4)C3=O)cc2Cl)cc1. The lowest BCUT2D eigenvalue weighted by molar-refractivity contribution is -0.139. The zero-order valence-electron chi connectivity index (χ0n) is 18.9. The normalized spacial score (nSPS) is 17.7. The third-order valence-corrected chi connectivity index (χ3v) is 8.06. The van der Waals surface area contributed by atoms with Crippen LogP contribution < -0.4 is 4.18 Å². The Hall–Kier alpha value is -2.57. The van der Waals surface area contributed by atoms with Crippen molar-refractivity contribution in [2.45, 2.75) is 11.8 Å². The van der Waals surface area contributed by atoms with E-state index in [0.29, 0.717) is 43.6 Å². The number of benzene rings is 2. The van der Waals surface area contributed by atoms with Gasteiger partial charge in [-0.15, -0.1) is 0 Å². The van der Waals surface area contributed by atoms with Crippen LogP contribution in [-0.4, -0.2) is 68.1 Å². The number of nitrogens with zero attached hydrogens (tertiary/aromatic N) is 2. The predicted octanol–water partition coefficient (Wildman–Crippen LogP) is 3.96. The monoisotopic (exact) mass is 570 g/mol. The maximum absolute atomic E-state index is 12.8. The number of hydrogen-bond donors (Lipinski definition) is 0. The standard InChI is InChI=1S/C23H20Cl2N2O7S2/c1-14-2-4-16(5-3-14)36(31,32)34-21-17(24)10-15(11-18(21)25)12-19-22(29)27(23(30)35-19)13-20(28)26-6-8-33-9-7-26/h2-5,10-12H,6-9,13H2,1H3/b19-12-. The van der Waals surface area contributed by atoms with Gasteiger partial charge in [0.1, 0.15) is 11.4 Å². The summed E-state index contributed by atoms with van der Waals surface area (Å²) >= 11 is 13.2. The molecule has 4 rings (SSSR count). The molecule has 0 unspecified atom stereocenters. The molecule has 0 aromatic heterocycles. The summed E-state index contributed by atoms with van der Waals surface area (Å²) in [6.45, 7) is 3.06. The predicted molar refractivity (Wildman–Crippen MR) is 136 cm³/mol. The number of thioether (sulfide) groups is 1. The lowest BCUT2D eigenvalue weighted by Gasteiger charge is -2.28. The third-order valence-electron chi connectivity index (χ3n) is 5.35. The van der Waals surface area contributed by atoms with Crippen LogP contribution in [0.4, 0.5) is 4.79 Å². The first-order chi connectivity index (χ1) is 17.0. The minimum absolute atomic E-state index is 0.0652. The minimum Gasteiger partial charge on any atom is -0.378 e. The Bertz CT molecular complexity index is 1330. The van der Waals surface area contributed by atoms with E-state index in [2.05, 4.69) is 0 Å². The maximum atomic E-state index is 12.8. The van der Waals surface area contributed by atoms with Crippen molar-refractivity contribution in [3.05, 3.63) is 62.5 Å². The van der Waals surface area contributed by atoms with Crippen LogP contribution in [0.1, 0.15) is 11.1 Å². The summed E-state index contributed by atoms with van der Waals surface area (Å²) in [7, 11) is -4.19. The molecular weight excluding hydrogens is 551 g/mol. The van der Waals surface area contributed by atoms with Crippen LogP contribution in [-0.2, 0) is 24.4 Å². The van der Waals surface area contributed by atoms with Crippen LogP contribution in [0.15, 0.2) is 46.2 Å². The lowest BCUT2D eigenvalue weighted by Crippen LogP contribution is -2.46.